The fourth-order valence-corrected chi connectivity index (χ4v) is 3.79. The Morgan fingerprint density at radius 2 is 1.61 bits per heavy atom. The Labute approximate surface area is 161 Å². The van der Waals surface area contributed by atoms with E-state index >= 15 is 0 Å². The van der Waals surface area contributed by atoms with Gasteiger partial charge in [0.15, 0.2) is 0 Å². The summed E-state index contributed by atoms with van der Waals surface area (Å²) < 4.78 is 25.0. The van der Waals surface area contributed by atoms with Gasteiger partial charge in [-0.1, -0.05) is 18.2 Å². The first kappa shape index (κ1) is 19.5. The second-order valence-electron chi connectivity index (χ2n) is 6.55. The predicted molar refractivity (Wildman–Crippen MR) is 106 cm³/mol. The van der Waals surface area contributed by atoms with Crippen molar-refractivity contribution in [2.24, 2.45) is 0 Å². The third-order valence-electron chi connectivity index (χ3n) is 4.37. The van der Waals surface area contributed by atoms with Crippen LogP contribution in [0.25, 0.3) is 11.1 Å². The molecule has 2 aromatic rings. The summed E-state index contributed by atoms with van der Waals surface area (Å²) >= 11 is 0. The average Bonchev–Trinajstić information content (AvgIpc) is 2.59. The van der Waals surface area contributed by atoms with Gasteiger partial charge >= 0.3 is 12.2 Å². The van der Waals surface area contributed by atoms with Crippen molar-refractivity contribution >= 4 is 39.3 Å². The van der Waals surface area contributed by atoms with Crippen LogP contribution in [0.2, 0.25) is 0 Å². The first-order chi connectivity index (χ1) is 13.1. The number of carboxylic acid groups (broad SMARTS) is 2. The number of benzene rings is 2. The fourth-order valence-electron chi connectivity index (χ4n) is 3.22. The molecule has 148 valence electrons. The first-order valence-electron chi connectivity index (χ1n) is 8.32. The molecule has 3 rings (SSSR count). The van der Waals surface area contributed by atoms with Crippen molar-refractivity contribution in [3.05, 3.63) is 42.5 Å². The summed E-state index contributed by atoms with van der Waals surface area (Å²) in [6, 6.07) is 10.9. The molecule has 10 heteroatoms. The Kier molecular flexibility index (Phi) is 4.90. The van der Waals surface area contributed by atoms with Gasteiger partial charge in [0.05, 0.1) is 30.2 Å². The van der Waals surface area contributed by atoms with Crippen LogP contribution in [0.4, 0.5) is 26.7 Å². The van der Waals surface area contributed by atoms with E-state index in [0.717, 1.165) is 21.6 Å². The van der Waals surface area contributed by atoms with Crippen molar-refractivity contribution in [2.45, 2.75) is 13.0 Å². The minimum Gasteiger partial charge on any atom is -0.465 e. The first-order valence-corrected chi connectivity index (χ1v) is 10.2. The van der Waals surface area contributed by atoms with Crippen LogP contribution in [0.1, 0.15) is 6.92 Å². The molecule has 1 heterocycles. The van der Waals surface area contributed by atoms with Gasteiger partial charge in [0.2, 0.25) is 10.0 Å². The van der Waals surface area contributed by atoms with E-state index in [1.807, 2.05) is 0 Å². The van der Waals surface area contributed by atoms with Gasteiger partial charge in [-0.05, 0) is 42.3 Å². The average molecular weight is 405 g/mol. The number of rotatable bonds is 3. The Morgan fingerprint density at radius 1 is 1.00 bits per heavy atom. The van der Waals surface area contributed by atoms with Crippen LogP contribution >= 0.6 is 0 Å². The van der Waals surface area contributed by atoms with Gasteiger partial charge in [-0.25, -0.2) is 18.0 Å². The smallest absolute Gasteiger partial charge is 0.412 e. The van der Waals surface area contributed by atoms with Crippen molar-refractivity contribution < 1.29 is 28.2 Å². The molecule has 0 spiro atoms. The molecule has 0 bridgehead atoms. The molecule has 2 aromatic carbocycles. The van der Waals surface area contributed by atoms with Crippen molar-refractivity contribution in [2.75, 3.05) is 27.3 Å². The van der Waals surface area contributed by atoms with Crippen LogP contribution in [0.3, 0.4) is 0 Å². The SMILES string of the molecule is C[C@H]1CN(C(=O)O)c2cc(-c3ccc(NS(C)(=O)=O)cc3)ccc2N1C(=O)O. The standard InChI is InChI=1S/C18H19N3O6S/c1-11-10-20(17(22)23)16-9-13(5-8-15(16)21(11)18(24)25)12-3-6-14(7-4-12)19-28(2,26)27/h3-9,11,19H,10H2,1-2H3,(H,22,23)(H,24,25)/t11-/m0/s1. The summed E-state index contributed by atoms with van der Waals surface area (Å²) in [5.74, 6) is 0. The van der Waals surface area contributed by atoms with Gasteiger partial charge in [-0.3, -0.25) is 14.5 Å². The lowest BCUT2D eigenvalue weighted by Gasteiger charge is -2.38. The Hall–Kier alpha value is -3.27. The molecule has 28 heavy (non-hydrogen) atoms. The van der Waals surface area contributed by atoms with E-state index in [1.54, 1.807) is 49.4 Å². The molecule has 1 aliphatic rings. The number of anilines is 3. The monoisotopic (exact) mass is 405 g/mol. The predicted octanol–water partition coefficient (Wildman–Crippen LogP) is 3.10. The zero-order chi connectivity index (χ0) is 20.6. The topological polar surface area (TPSA) is 127 Å². The van der Waals surface area contributed by atoms with Crippen LogP contribution < -0.4 is 14.5 Å². The number of nitrogens with zero attached hydrogens (tertiary/aromatic N) is 2. The van der Waals surface area contributed by atoms with Crippen LogP contribution in [-0.4, -0.2) is 49.7 Å². The van der Waals surface area contributed by atoms with E-state index in [4.69, 9.17) is 0 Å². The van der Waals surface area contributed by atoms with Gasteiger partial charge in [-0.15, -0.1) is 0 Å². The number of amides is 2. The fraction of sp³-hybridized carbons (Fsp3) is 0.222. The number of sulfonamides is 1. The zero-order valence-corrected chi connectivity index (χ0v) is 16.0. The molecule has 2 amide bonds. The number of fused-ring (bicyclic) bond motifs is 1. The molecule has 0 fully saturated rings. The maximum atomic E-state index is 11.7. The lowest BCUT2D eigenvalue weighted by atomic mass is 10.0. The highest BCUT2D eigenvalue weighted by Gasteiger charge is 2.35. The summed E-state index contributed by atoms with van der Waals surface area (Å²) in [5.41, 5.74) is 2.39. The molecule has 0 aromatic heterocycles. The Bertz CT molecular complexity index is 1040. The molecular formula is C18H19N3O6S. The third-order valence-corrected chi connectivity index (χ3v) is 4.98. The van der Waals surface area contributed by atoms with Crippen LogP contribution in [-0.2, 0) is 10.0 Å². The van der Waals surface area contributed by atoms with Gasteiger partial charge in [0.1, 0.15) is 0 Å². The molecular weight excluding hydrogens is 386 g/mol. The maximum absolute atomic E-state index is 11.7. The van der Waals surface area contributed by atoms with Crippen LogP contribution in [0.5, 0.6) is 0 Å². The Morgan fingerprint density at radius 3 is 2.14 bits per heavy atom. The second kappa shape index (κ2) is 7.04. The molecule has 0 radical (unpaired) electrons. The molecule has 9 nitrogen and oxygen atoms in total. The molecule has 1 aliphatic heterocycles. The van der Waals surface area contributed by atoms with E-state index in [0.29, 0.717) is 16.9 Å². The van der Waals surface area contributed by atoms with Crippen molar-refractivity contribution in [1.29, 1.82) is 0 Å². The largest absolute Gasteiger partial charge is 0.465 e. The number of nitrogens with one attached hydrogen (secondary N) is 1. The van der Waals surface area contributed by atoms with Crippen molar-refractivity contribution in [1.82, 2.24) is 0 Å². The lowest BCUT2D eigenvalue weighted by molar-refractivity contribution is 0.194. The van der Waals surface area contributed by atoms with E-state index in [9.17, 15) is 28.2 Å². The molecule has 0 saturated carbocycles. The quantitative estimate of drug-likeness (QED) is 0.720. The molecule has 0 aliphatic carbocycles. The normalized spacial score (nSPS) is 16.4. The third kappa shape index (κ3) is 3.86. The van der Waals surface area contributed by atoms with Gasteiger partial charge in [-0.2, -0.15) is 0 Å². The van der Waals surface area contributed by atoms with Crippen molar-refractivity contribution in [3.63, 3.8) is 0 Å². The summed E-state index contributed by atoms with van der Waals surface area (Å²) in [4.78, 5) is 25.6. The van der Waals surface area contributed by atoms with E-state index < -0.39 is 28.3 Å². The molecule has 0 saturated heterocycles. The minimum absolute atomic E-state index is 0.0231. The van der Waals surface area contributed by atoms with E-state index in [-0.39, 0.29) is 12.2 Å². The molecule has 1 atom stereocenters. The van der Waals surface area contributed by atoms with Crippen LogP contribution in [0, 0.1) is 0 Å². The summed E-state index contributed by atoms with van der Waals surface area (Å²) in [7, 11) is -3.39. The lowest BCUT2D eigenvalue weighted by Crippen LogP contribution is -2.51. The van der Waals surface area contributed by atoms with Crippen LogP contribution in [0.15, 0.2) is 42.5 Å². The summed E-state index contributed by atoms with van der Waals surface area (Å²) in [6.45, 7) is 1.67. The highest BCUT2D eigenvalue weighted by molar-refractivity contribution is 7.92. The highest BCUT2D eigenvalue weighted by atomic mass is 32.2. The highest BCUT2D eigenvalue weighted by Crippen LogP contribution is 2.39. The van der Waals surface area contributed by atoms with Crippen molar-refractivity contribution in [3.8, 4) is 11.1 Å². The van der Waals surface area contributed by atoms with E-state index in [1.165, 1.54) is 0 Å². The molecule has 0 unspecified atom stereocenters. The molecule has 3 N–H and O–H groups in total. The summed E-state index contributed by atoms with van der Waals surface area (Å²) in [6.07, 6.45) is -1.26. The Balaban J connectivity index is 2.02. The van der Waals surface area contributed by atoms with Gasteiger partial charge < -0.3 is 10.2 Å². The number of hydrogen-bond donors (Lipinski definition) is 3. The minimum atomic E-state index is -3.39. The van der Waals surface area contributed by atoms with Gasteiger partial charge in [0, 0.05) is 5.69 Å². The van der Waals surface area contributed by atoms with Gasteiger partial charge in [0.25, 0.3) is 0 Å². The second-order valence-corrected chi connectivity index (χ2v) is 8.30. The zero-order valence-electron chi connectivity index (χ0n) is 15.2. The number of carbonyl (C=O) groups is 2. The summed E-state index contributed by atoms with van der Waals surface area (Å²) in [5, 5.41) is 19.0. The van der Waals surface area contributed by atoms with E-state index in [2.05, 4.69) is 4.72 Å². The maximum Gasteiger partial charge on any atom is 0.412 e. The number of hydrogen-bond acceptors (Lipinski definition) is 4.